The van der Waals surface area contributed by atoms with Crippen molar-refractivity contribution in [3.05, 3.63) is 23.5 Å². The average Bonchev–Trinajstić information content (AvgIpc) is 2.42. The largest absolute Gasteiger partial charge is 1.00 e. The van der Waals surface area contributed by atoms with E-state index in [1.165, 1.54) is 0 Å². The number of carbonyl (C=O) groups is 1. The van der Waals surface area contributed by atoms with Crippen LogP contribution in [0.15, 0.2) is 33.5 Å². The molecule has 0 spiro atoms. The third-order valence-electron chi connectivity index (χ3n) is 1.36. The summed E-state index contributed by atoms with van der Waals surface area (Å²) in [7, 11) is 0. The third-order valence-corrected chi connectivity index (χ3v) is 1.36. The molecule has 0 N–H and O–H groups in total. The quantitative estimate of drug-likeness (QED) is 0.483. The molecule has 3 nitrogen and oxygen atoms in total. The molecule has 2 aliphatic rings. The third kappa shape index (κ3) is 0.572. The van der Waals surface area contributed by atoms with Crippen LogP contribution in [-0.2, 0) is 4.79 Å². The molecule has 0 saturated heterocycles. The van der Waals surface area contributed by atoms with Gasteiger partial charge in [0.1, 0.15) is 5.71 Å². The fourth-order valence-corrected chi connectivity index (χ4v) is 0.917. The van der Waals surface area contributed by atoms with Crippen LogP contribution in [0, 0.1) is 0 Å². The monoisotopic (exact) mass is 133 g/mol. The topological polar surface area (TPSA) is 41.8 Å². The lowest BCUT2D eigenvalue weighted by Gasteiger charge is -1.82. The van der Waals surface area contributed by atoms with Gasteiger partial charge in [-0.1, -0.05) is 0 Å². The van der Waals surface area contributed by atoms with Crippen LogP contribution in [0.25, 0.3) is 0 Å². The summed E-state index contributed by atoms with van der Waals surface area (Å²) in [5.74, 6) is 0. The molecule has 0 fully saturated rings. The van der Waals surface area contributed by atoms with E-state index in [0.717, 1.165) is 17.7 Å². The molecule has 0 bridgehead atoms. The summed E-state index contributed by atoms with van der Waals surface area (Å²) in [4.78, 5) is 18.1. The molecular formula is C7H5N2O+. The van der Waals surface area contributed by atoms with Crippen LogP contribution in [0.1, 0.15) is 1.43 Å². The maximum absolute atomic E-state index is 10.2. The summed E-state index contributed by atoms with van der Waals surface area (Å²) in [6.07, 6.45) is 5.85. The van der Waals surface area contributed by atoms with Crippen molar-refractivity contribution in [1.29, 1.82) is 0 Å². The van der Waals surface area contributed by atoms with Crippen molar-refractivity contribution < 1.29 is 6.22 Å². The van der Waals surface area contributed by atoms with Gasteiger partial charge in [0.25, 0.3) is 0 Å². The van der Waals surface area contributed by atoms with Crippen molar-refractivity contribution >= 4 is 18.2 Å². The van der Waals surface area contributed by atoms with Crippen LogP contribution < -0.4 is 0 Å². The van der Waals surface area contributed by atoms with Crippen LogP contribution in [0.4, 0.5) is 0 Å². The molecule has 0 unspecified atom stereocenters. The molecule has 2 aliphatic heterocycles. The Morgan fingerprint density at radius 1 is 1.50 bits per heavy atom. The molecule has 48 valence electrons. The first-order valence-electron chi connectivity index (χ1n) is 2.90. The second-order valence-electron chi connectivity index (χ2n) is 2.01. The van der Waals surface area contributed by atoms with Gasteiger partial charge in [0.2, 0.25) is 0 Å². The van der Waals surface area contributed by atoms with Gasteiger partial charge in [-0.2, -0.15) is 0 Å². The Morgan fingerprint density at radius 3 is 3.10 bits per heavy atom. The smallest absolute Gasteiger partial charge is 0.296 e. The van der Waals surface area contributed by atoms with Crippen molar-refractivity contribution in [2.45, 2.75) is 0 Å². The van der Waals surface area contributed by atoms with E-state index < -0.39 is 0 Å². The Morgan fingerprint density at radius 2 is 2.40 bits per heavy atom. The molecule has 0 aromatic heterocycles. The number of aliphatic imine (C=N–C) groups is 2. The van der Waals surface area contributed by atoms with Gasteiger partial charge in [-0.05, 0) is 12.2 Å². The zero-order chi connectivity index (χ0) is 6.97. The van der Waals surface area contributed by atoms with E-state index in [4.69, 9.17) is 0 Å². The highest BCUT2D eigenvalue weighted by Gasteiger charge is 2.14. The van der Waals surface area contributed by atoms with Crippen LogP contribution in [0.3, 0.4) is 0 Å². The molecule has 2 rings (SSSR count). The van der Waals surface area contributed by atoms with Gasteiger partial charge >= 0.3 is 1.43 Å². The van der Waals surface area contributed by atoms with E-state index in [1.54, 1.807) is 18.4 Å². The van der Waals surface area contributed by atoms with Crippen molar-refractivity contribution in [2.24, 2.45) is 9.98 Å². The minimum atomic E-state index is 0. The predicted octanol–water partition coefficient (Wildman–Crippen LogP) is 0.605. The number of allylic oxidation sites excluding steroid dienone is 2. The maximum atomic E-state index is 10.2. The lowest BCUT2D eigenvalue weighted by Crippen LogP contribution is -1.88. The molecule has 10 heavy (non-hydrogen) atoms. The second-order valence-corrected chi connectivity index (χ2v) is 2.01. The maximum Gasteiger partial charge on any atom is 1.00 e. The molecule has 0 amide bonds. The van der Waals surface area contributed by atoms with Crippen LogP contribution in [0.5, 0.6) is 0 Å². The van der Waals surface area contributed by atoms with E-state index >= 15 is 0 Å². The van der Waals surface area contributed by atoms with E-state index in [-0.39, 0.29) is 1.43 Å². The first kappa shape index (κ1) is 5.29. The zero-order valence-electron chi connectivity index (χ0n) is 6.11. The normalized spacial score (nSPS) is 19.8. The summed E-state index contributed by atoms with van der Waals surface area (Å²) < 4.78 is 0. The Balaban J connectivity index is 0.000000605. The Kier molecular flexibility index (Phi) is 0.917. The van der Waals surface area contributed by atoms with E-state index in [2.05, 4.69) is 9.98 Å². The summed E-state index contributed by atoms with van der Waals surface area (Å²) in [6, 6.07) is 0. The minimum Gasteiger partial charge on any atom is -0.296 e. The molecule has 3 heteroatoms. The van der Waals surface area contributed by atoms with E-state index in [9.17, 15) is 4.79 Å². The highest BCUT2D eigenvalue weighted by atomic mass is 16.1. The van der Waals surface area contributed by atoms with Crippen molar-refractivity contribution in [1.82, 2.24) is 0 Å². The predicted molar refractivity (Wildman–Crippen MR) is 39.3 cm³/mol. The summed E-state index contributed by atoms with van der Waals surface area (Å²) >= 11 is 0. The number of hydrogen-bond donors (Lipinski definition) is 0. The van der Waals surface area contributed by atoms with E-state index in [1.807, 2.05) is 0 Å². The number of hydrogen-bond acceptors (Lipinski definition) is 3. The molecule has 0 aromatic carbocycles. The first-order chi connectivity index (χ1) is 4.90. The number of rotatable bonds is 1. The Hall–Kier alpha value is -1.51. The SMILES string of the molecule is O=CC1=NC2=CC=NC2=C1.[H+]. The number of aldehydes is 1. The lowest BCUT2D eigenvalue weighted by atomic mass is 10.3. The van der Waals surface area contributed by atoms with Crippen LogP contribution in [-0.4, -0.2) is 18.2 Å². The highest BCUT2D eigenvalue weighted by Crippen LogP contribution is 2.22. The lowest BCUT2D eigenvalue weighted by molar-refractivity contribution is -0.102. The molecular weight excluding hydrogens is 128 g/mol. The van der Waals surface area contributed by atoms with Crippen LogP contribution >= 0.6 is 0 Å². The van der Waals surface area contributed by atoms with Gasteiger partial charge in [0.05, 0.1) is 11.4 Å². The van der Waals surface area contributed by atoms with Crippen LogP contribution in [0.2, 0.25) is 0 Å². The van der Waals surface area contributed by atoms with Gasteiger partial charge in [-0.3, -0.25) is 9.79 Å². The molecule has 0 aliphatic carbocycles. The van der Waals surface area contributed by atoms with Gasteiger partial charge < -0.3 is 0 Å². The van der Waals surface area contributed by atoms with Crippen molar-refractivity contribution in [3.63, 3.8) is 0 Å². The van der Waals surface area contributed by atoms with E-state index in [0.29, 0.717) is 5.71 Å². The molecule has 2 heterocycles. The fourth-order valence-electron chi connectivity index (χ4n) is 0.917. The standard InChI is InChI=1S/C7H4N2O/c10-4-5-3-7-6(9-5)1-2-8-7/h1-4H/p+1. The van der Waals surface area contributed by atoms with Crippen molar-refractivity contribution in [3.8, 4) is 0 Å². The fraction of sp³-hybridized carbons (Fsp3) is 0. The molecule has 0 atom stereocenters. The number of nitrogens with zero attached hydrogens (tertiary/aromatic N) is 2. The summed E-state index contributed by atoms with van der Waals surface area (Å²) in [5, 5.41) is 0. The first-order valence-corrected chi connectivity index (χ1v) is 2.90. The van der Waals surface area contributed by atoms with Crippen molar-refractivity contribution in [2.75, 3.05) is 0 Å². The summed E-state index contributed by atoms with van der Waals surface area (Å²) in [5.41, 5.74) is 2.04. The second kappa shape index (κ2) is 1.73. The molecule has 0 radical (unpaired) electrons. The molecule has 0 aromatic rings. The number of fused-ring (bicyclic) bond motifs is 1. The highest BCUT2D eigenvalue weighted by molar-refractivity contribution is 6.35. The Bertz CT molecular complexity index is 312. The summed E-state index contributed by atoms with van der Waals surface area (Å²) in [6.45, 7) is 0. The van der Waals surface area contributed by atoms with Gasteiger partial charge in [0.15, 0.2) is 6.29 Å². The minimum absolute atomic E-state index is 0. The zero-order valence-corrected chi connectivity index (χ0v) is 5.11. The van der Waals surface area contributed by atoms with Gasteiger partial charge in [-0.15, -0.1) is 0 Å². The average molecular weight is 133 g/mol. The Labute approximate surface area is 59.0 Å². The molecule has 0 saturated carbocycles. The number of carbonyl (C=O) groups excluding carboxylic acids is 1. The van der Waals surface area contributed by atoms with Gasteiger partial charge in [-0.25, -0.2) is 4.99 Å². The van der Waals surface area contributed by atoms with Gasteiger partial charge in [0, 0.05) is 6.21 Å².